The summed E-state index contributed by atoms with van der Waals surface area (Å²) in [4.78, 5) is 7.43. The van der Waals surface area contributed by atoms with Crippen LogP contribution in [0.5, 0.6) is 0 Å². The summed E-state index contributed by atoms with van der Waals surface area (Å²) >= 11 is 5.54. The molecule has 2 unspecified atom stereocenters. The summed E-state index contributed by atoms with van der Waals surface area (Å²) in [5.41, 5.74) is 0. The molecule has 1 aliphatic carbocycles. The second-order valence-electron chi connectivity index (χ2n) is 5.18. The smallest absolute Gasteiger partial charge is 0.225 e. The number of halogens is 1. The van der Waals surface area contributed by atoms with Crippen molar-refractivity contribution in [1.29, 1.82) is 0 Å². The third-order valence-electron chi connectivity index (χ3n) is 3.51. The fraction of sp³-hybridized carbons (Fsp3) is 0.667. The van der Waals surface area contributed by atoms with E-state index >= 15 is 0 Å². The van der Waals surface area contributed by atoms with Crippen molar-refractivity contribution < 1.29 is 8.42 Å². The Labute approximate surface area is 118 Å². The van der Waals surface area contributed by atoms with Crippen LogP contribution in [0.1, 0.15) is 32.6 Å². The number of hydrogen-bond donors (Lipinski definition) is 1. The number of nitrogens with zero attached hydrogens (tertiary/aromatic N) is 2. The van der Waals surface area contributed by atoms with E-state index < -0.39 is 10.0 Å². The van der Waals surface area contributed by atoms with Crippen LogP contribution in [0.15, 0.2) is 17.3 Å². The van der Waals surface area contributed by atoms with Crippen LogP contribution in [0.3, 0.4) is 0 Å². The average Bonchev–Trinajstić information content (AvgIpc) is 2.37. The highest BCUT2D eigenvalue weighted by molar-refractivity contribution is 7.89. The molecular weight excluding hydrogens is 286 g/mol. The standard InChI is InChI=1S/C12H18ClN3O2S/c1-9-3-2-4-10(5-9)6-16-19(17,18)11-7-14-12(13)15-8-11/h7-10,16H,2-6H2,1H3. The molecule has 1 aliphatic rings. The number of aromatic nitrogens is 2. The van der Waals surface area contributed by atoms with Gasteiger partial charge in [0.1, 0.15) is 4.90 Å². The quantitative estimate of drug-likeness (QED) is 0.866. The normalized spacial score (nSPS) is 24.3. The molecule has 0 aliphatic heterocycles. The lowest BCUT2D eigenvalue weighted by Crippen LogP contribution is -2.31. The molecule has 1 heterocycles. The number of nitrogens with one attached hydrogen (secondary N) is 1. The molecule has 0 saturated heterocycles. The van der Waals surface area contributed by atoms with Gasteiger partial charge in [0.05, 0.1) is 12.4 Å². The third-order valence-corrected chi connectivity index (χ3v) is 5.09. The first-order chi connectivity index (χ1) is 8.97. The lowest BCUT2D eigenvalue weighted by Gasteiger charge is -2.26. The molecular formula is C12H18ClN3O2S. The summed E-state index contributed by atoms with van der Waals surface area (Å²) in [5.74, 6) is 1.11. The second kappa shape index (κ2) is 6.15. The van der Waals surface area contributed by atoms with Gasteiger partial charge in [0, 0.05) is 6.54 Å². The molecule has 0 radical (unpaired) electrons. The lowest BCUT2D eigenvalue weighted by molar-refractivity contribution is 0.283. The monoisotopic (exact) mass is 303 g/mol. The van der Waals surface area contributed by atoms with Gasteiger partial charge in [0.2, 0.25) is 15.3 Å². The highest BCUT2D eigenvalue weighted by atomic mass is 35.5. The summed E-state index contributed by atoms with van der Waals surface area (Å²) in [7, 11) is -3.53. The molecule has 1 fully saturated rings. The van der Waals surface area contributed by atoms with Gasteiger partial charge in [-0.2, -0.15) is 0 Å². The molecule has 0 amide bonds. The number of sulfonamides is 1. The maximum absolute atomic E-state index is 12.0. The van der Waals surface area contributed by atoms with Crippen molar-refractivity contribution in [2.24, 2.45) is 11.8 Å². The van der Waals surface area contributed by atoms with Crippen molar-refractivity contribution in [3.05, 3.63) is 17.7 Å². The van der Waals surface area contributed by atoms with E-state index in [2.05, 4.69) is 21.6 Å². The Morgan fingerprint density at radius 1 is 1.37 bits per heavy atom. The van der Waals surface area contributed by atoms with E-state index in [0.717, 1.165) is 12.8 Å². The maximum Gasteiger partial charge on any atom is 0.243 e. The summed E-state index contributed by atoms with van der Waals surface area (Å²) < 4.78 is 26.7. The molecule has 5 nitrogen and oxygen atoms in total. The Kier molecular flexibility index (Phi) is 4.76. The topological polar surface area (TPSA) is 72.0 Å². The molecule has 2 atom stereocenters. The van der Waals surface area contributed by atoms with E-state index in [1.165, 1.54) is 25.2 Å². The van der Waals surface area contributed by atoms with Crippen LogP contribution in [-0.4, -0.2) is 24.9 Å². The average molecular weight is 304 g/mol. The summed E-state index contributed by atoms with van der Waals surface area (Å²) in [6.45, 7) is 2.70. The first-order valence-corrected chi connectivity index (χ1v) is 8.30. The summed E-state index contributed by atoms with van der Waals surface area (Å²) in [6, 6.07) is 0. The fourth-order valence-corrected chi connectivity index (χ4v) is 3.60. The molecule has 7 heteroatoms. The molecule has 19 heavy (non-hydrogen) atoms. The van der Waals surface area contributed by atoms with Gasteiger partial charge in [0.15, 0.2) is 0 Å². The zero-order chi connectivity index (χ0) is 13.9. The summed E-state index contributed by atoms with van der Waals surface area (Å²) in [6.07, 6.45) is 7.04. The molecule has 1 N–H and O–H groups in total. The van der Waals surface area contributed by atoms with Crippen molar-refractivity contribution in [3.63, 3.8) is 0 Å². The maximum atomic E-state index is 12.0. The molecule has 0 spiro atoms. The first-order valence-electron chi connectivity index (χ1n) is 6.44. The highest BCUT2D eigenvalue weighted by Crippen LogP contribution is 2.28. The van der Waals surface area contributed by atoms with Gasteiger partial charge in [-0.15, -0.1) is 0 Å². The van der Waals surface area contributed by atoms with Crippen molar-refractivity contribution >= 4 is 21.6 Å². The Hall–Kier alpha value is -0.720. The van der Waals surface area contributed by atoms with Gasteiger partial charge >= 0.3 is 0 Å². The van der Waals surface area contributed by atoms with E-state index in [9.17, 15) is 8.42 Å². The zero-order valence-electron chi connectivity index (χ0n) is 10.8. The van der Waals surface area contributed by atoms with Crippen molar-refractivity contribution in [2.75, 3.05) is 6.54 Å². The first kappa shape index (κ1) is 14.7. The number of hydrogen-bond acceptors (Lipinski definition) is 4. The minimum Gasteiger partial charge on any atom is -0.225 e. The van der Waals surface area contributed by atoms with E-state index in [4.69, 9.17) is 11.6 Å². The largest absolute Gasteiger partial charge is 0.243 e. The molecule has 1 aromatic rings. The molecule has 106 valence electrons. The van der Waals surface area contributed by atoms with Crippen LogP contribution in [-0.2, 0) is 10.0 Å². The van der Waals surface area contributed by atoms with Crippen LogP contribution in [0.25, 0.3) is 0 Å². The number of rotatable bonds is 4. The lowest BCUT2D eigenvalue weighted by atomic mass is 9.83. The molecule has 0 bridgehead atoms. The van der Waals surface area contributed by atoms with Crippen LogP contribution < -0.4 is 4.72 Å². The highest BCUT2D eigenvalue weighted by Gasteiger charge is 2.22. The van der Waals surface area contributed by atoms with Crippen molar-refractivity contribution in [1.82, 2.24) is 14.7 Å². The van der Waals surface area contributed by atoms with E-state index in [1.54, 1.807) is 0 Å². The van der Waals surface area contributed by atoms with Crippen molar-refractivity contribution in [2.45, 2.75) is 37.5 Å². The minimum atomic E-state index is -3.53. The predicted molar refractivity (Wildman–Crippen MR) is 73.4 cm³/mol. The fourth-order valence-electron chi connectivity index (χ4n) is 2.50. The third kappa shape index (κ3) is 4.12. The SMILES string of the molecule is CC1CCCC(CNS(=O)(=O)c2cnc(Cl)nc2)C1. The van der Waals surface area contributed by atoms with Gasteiger partial charge in [-0.3, -0.25) is 0 Å². The van der Waals surface area contributed by atoms with Gasteiger partial charge in [-0.05, 0) is 36.3 Å². The van der Waals surface area contributed by atoms with Crippen LogP contribution in [0, 0.1) is 11.8 Å². The van der Waals surface area contributed by atoms with Gasteiger partial charge < -0.3 is 0 Å². The van der Waals surface area contributed by atoms with E-state index in [-0.39, 0.29) is 10.2 Å². The zero-order valence-corrected chi connectivity index (χ0v) is 12.4. The van der Waals surface area contributed by atoms with Gasteiger partial charge in [0.25, 0.3) is 0 Å². The molecule has 1 aromatic heterocycles. The van der Waals surface area contributed by atoms with Gasteiger partial charge in [-0.1, -0.05) is 19.8 Å². The van der Waals surface area contributed by atoms with E-state index in [0.29, 0.717) is 18.4 Å². The predicted octanol–water partition coefficient (Wildman–Crippen LogP) is 2.23. The van der Waals surface area contributed by atoms with Gasteiger partial charge in [-0.25, -0.2) is 23.1 Å². The minimum absolute atomic E-state index is 0.0417. The van der Waals surface area contributed by atoms with E-state index in [1.807, 2.05) is 0 Å². The molecule has 0 aromatic carbocycles. The Morgan fingerprint density at radius 2 is 2.05 bits per heavy atom. The van der Waals surface area contributed by atoms with Crippen LogP contribution in [0.4, 0.5) is 0 Å². The second-order valence-corrected chi connectivity index (χ2v) is 7.28. The van der Waals surface area contributed by atoms with Crippen LogP contribution >= 0.6 is 11.6 Å². The van der Waals surface area contributed by atoms with Crippen LogP contribution in [0.2, 0.25) is 5.28 Å². The molecule has 1 saturated carbocycles. The Bertz CT molecular complexity index is 518. The Morgan fingerprint density at radius 3 is 2.68 bits per heavy atom. The molecule has 2 rings (SSSR count). The van der Waals surface area contributed by atoms with Crippen molar-refractivity contribution in [3.8, 4) is 0 Å². The summed E-state index contributed by atoms with van der Waals surface area (Å²) in [5, 5.41) is 0.0417. The Balaban J connectivity index is 1.96.